The highest BCUT2D eigenvalue weighted by atomic mass is 127. The fourth-order valence-electron chi connectivity index (χ4n) is 3.80. The molecule has 3 rings (SSSR count). The fourth-order valence-corrected chi connectivity index (χ4v) is 5.36. The van der Waals surface area contributed by atoms with E-state index < -0.39 is 10.0 Å². The van der Waals surface area contributed by atoms with Gasteiger partial charge in [-0.2, -0.15) is 4.31 Å². The van der Waals surface area contributed by atoms with Crippen LogP contribution in [0.25, 0.3) is 0 Å². The molecule has 0 amide bonds. The topological polar surface area (TPSA) is 83.5 Å². The minimum atomic E-state index is -3.37. The summed E-state index contributed by atoms with van der Waals surface area (Å²) in [5.74, 6) is 1.34. The number of halogens is 1. The number of nitrogens with one attached hydrogen (secondary N) is 1. The van der Waals surface area contributed by atoms with E-state index in [1.165, 1.54) is 4.31 Å². The zero-order chi connectivity index (χ0) is 21.4. The van der Waals surface area contributed by atoms with Crippen molar-refractivity contribution in [3.8, 4) is 0 Å². The summed E-state index contributed by atoms with van der Waals surface area (Å²) in [7, 11) is -1.34. The number of benzene rings is 1. The minimum Gasteiger partial charge on any atom is -0.381 e. The molecule has 0 saturated carbocycles. The van der Waals surface area contributed by atoms with E-state index in [1.807, 2.05) is 38.2 Å². The first-order chi connectivity index (χ1) is 14.5. The summed E-state index contributed by atoms with van der Waals surface area (Å²) < 4.78 is 38.0. The molecule has 31 heavy (non-hydrogen) atoms. The van der Waals surface area contributed by atoms with Gasteiger partial charge in [0.15, 0.2) is 5.96 Å². The van der Waals surface area contributed by atoms with Crippen molar-refractivity contribution >= 4 is 40.0 Å². The summed E-state index contributed by atoms with van der Waals surface area (Å²) in [6.07, 6.45) is 1.08. The van der Waals surface area contributed by atoms with Crippen LogP contribution in [0.3, 0.4) is 0 Å². The predicted molar refractivity (Wildman–Crippen MR) is 133 cm³/mol. The van der Waals surface area contributed by atoms with Gasteiger partial charge in [0, 0.05) is 45.8 Å². The molecule has 0 bridgehead atoms. The third-order valence-electron chi connectivity index (χ3n) is 5.47. The zero-order valence-corrected chi connectivity index (χ0v) is 21.6. The third-order valence-corrected chi connectivity index (χ3v) is 7.30. The molecule has 0 aromatic heterocycles. The first kappa shape index (κ1) is 26.3. The van der Waals surface area contributed by atoms with Gasteiger partial charge in [0.2, 0.25) is 10.0 Å². The number of aliphatic imine (C=N–C) groups is 1. The van der Waals surface area contributed by atoms with Gasteiger partial charge in [-0.15, -0.1) is 24.0 Å². The molecule has 8 nitrogen and oxygen atoms in total. The van der Waals surface area contributed by atoms with Crippen LogP contribution in [0.5, 0.6) is 0 Å². The Bertz CT molecular complexity index is 809. The van der Waals surface area contributed by atoms with E-state index in [9.17, 15) is 8.42 Å². The average Bonchev–Trinajstić information content (AvgIpc) is 3.25. The molecule has 1 atom stereocenters. The van der Waals surface area contributed by atoms with E-state index >= 15 is 0 Å². The first-order valence-electron chi connectivity index (χ1n) is 10.7. The molecule has 1 N–H and O–H groups in total. The molecular formula is C21H35IN4O4S. The summed E-state index contributed by atoms with van der Waals surface area (Å²) in [6.45, 7) is 7.52. The molecule has 1 unspecified atom stereocenters. The van der Waals surface area contributed by atoms with Crippen molar-refractivity contribution in [2.45, 2.75) is 25.6 Å². The van der Waals surface area contributed by atoms with E-state index in [0.29, 0.717) is 38.8 Å². The smallest absolute Gasteiger partial charge is 0.218 e. The van der Waals surface area contributed by atoms with Crippen LogP contribution < -0.4 is 5.32 Å². The van der Waals surface area contributed by atoms with Crippen LogP contribution in [0.2, 0.25) is 0 Å². The normalized spacial score (nSPS) is 20.3. The van der Waals surface area contributed by atoms with Crippen molar-refractivity contribution in [1.82, 2.24) is 14.5 Å². The van der Waals surface area contributed by atoms with Gasteiger partial charge in [0.25, 0.3) is 0 Å². The summed E-state index contributed by atoms with van der Waals surface area (Å²) in [6, 6.07) is 7.66. The second-order valence-electron chi connectivity index (χ2n) is 7.82. The number of sulfonamides is 1. The molecule has 0 aliphatic carbocycles. The highest BCUT2D eigenvalue weighted by Gasteiger charge is 2.25. The largest absolute Gasteiger partial charge is 0.381 e. The van der Waals surface area contributed by atoms with Crippen LogP contribution in [0.15, 0.2) is 29.3 Å². The van der Waals surface area contributed by atoms with Gasteiger partial charge < -0.3 is 19.7 Å². The van der Waals surface area contributed by atoms with Gasteiger partial charge in [-0.05, 0) is 24.5 Å². The lowest BCUT2D eigenvalue weighted by Crippen LogP contribution is -2.41. The maximum absolute atomic E-state index is 12.9. The van der Waals surface area contributed by atoms with Crippen molar-refractivity contribution in [3.05, 3.63) is 35.4 Å². The number of guanidine groups is 1. The van der Waals surface area contributed by atoms with Crippen LogP contribution in [-0.2, 0) is 31.8 Å². The maximum Gasteiger partial charge on any atom is 0.218 e. The minimum absolute atomic E-state index is 0. The van der Waals surface area contributed by atoms with Crippen LogP contribution in [0.1, 0.15) is 24.5 Å². The number of hydrogen-bond acceptors (Lipinski definition) is 5. The Hall–Kier alpha value is -0.950. The summed E-state index contributed by atoms with van der Waals surface area (Å²) in [4.78, 5) is 6.93. The van der Waals surface area contributed by atoms with E-state index in [-0.39, 0.29) is 29.7 Å². The Kier molecular flexibility index (Phi) is 11.0. The van der Waals surface area contributed by atoms with Gasteiger partial charge in [0.1, 0.15) is 0 Å². The molecule has 2 aliphatic heterocycles. The second-order valence-corrected chi connectivity index (χ2v) is 9.79. The second kappa shape index (κ2) is 12.9. The van der Waals surface area contributed by atoms with Crippen molar-refractivity contribution < 1.29 is 17.9 Å². The number of hydrogen-bond donors (Lipinski definition) is 1. The Morgan fingerprint density at radius 2 is 1.90 bits per heavy atom. The standard InChI is InChI=1S/C21H34N4O4S.HI/c1-3-22-21(24(2)15-18-8-11-29-16-18)23-14-19-6-4-5-7-20(19)17-30(26,27)25-9-12-28-13-10-25;/h4-7,18H,3,8-17H2,1-2H3,(H,22,23);1H. The van der Waals surface area contributed by atoms with E-state index in [1.54, 1.807) is 0 Å². The molecule has 0 radical (unpaired) electrons. The average molecular weight is 567 g/mol. The lowest BCUT2D eigenvalue weighted by atomic mass is 10.1. The van der Waals surface area contributed by atoms with Crippen LogP contribution in [0, 0.1) is 5.92 Å². The summed E-state index contributed by atoms with van der Waals surface area (Å²) >= 11 is 0. The molecule has 10 heteroatoms. The van der Waals surface area contributed by atoms with E-state index in [2.05, 4.69) is 10.2 Å². The number of rotatable bonds is 8. The SMILES string of the molecule is CCNC(=NCc1ccccc1CS(=O)(=O)N1CCOCC1)N(C)CC1CCOC1.I. The lowest BCUT2D eigenvalue weighted by molar-refractivity contribution is 0.0729. The lowest BCUT2D eigenvalue weighted by Gasteiger charge is -2.26. The monoisotopic (exact) mass is 566 g/mol. The third kappa shape index (κ3) is 7.85. The molecule has 176 valence electrons. The van der Waals surface area contributed by atoms with Crippen molar-refractivity contribution in [3.63, 3.8) is 0 Å². The van der Waals surface area contributed by atoms with E-state index in [4.69, 9.17) is 14.5 Å². The Balaban J connectivity index is 0.00000341. The quantitative estimate of drug-likeness (QED) is 0.294. The summed E-state index contributed by atoms with van der Waals surface area (Å²) in [5.41, 5.74) is 1.73. The molecule has 2 saturated heterocycles. The van der Waals surface area contributed by atoms with Gasteiger partial charge in [-0.1, -0.05) is 24.3 Å². The number of ether oxygens (including phenoxy) is 2. The first-order valence-corrected chi connectivity index (χ1v) is 12.3. The molecule has 1 aromatic rings. The molecule has 0 spiro atoms. The Morgan fingerprint density at radius 3 is 2.55 bits per heavy atom. The predicted octanol–water partition coefficient (Wildman–Crippen LogP) is 1.90. The van der Waals surface area contributed by atoms with Gasteiger partial charge in [0.05, 0.1) is 32.1 Å². The molecule has 2 aliphatic rings. The van der Waals surface area contributed by atoms with Crippen LogP contribution in [-0.4, -0.2) is 83.2 Å². The number of morpholine rings is 1. The fraction of sp³-hybridized carbons (Fsp3) is 0.667. The van der Waals surface area contributed by atoms with Gasteiger partial charge >= 0.3 is 0 Å². The molecule has 2 fully saturated rings. The van der Waals surface area contributed by atoms with Gasteiger partial charge in [-0.25, -0.2) is 13.4 Å². The van der Waals surface area contributed by atoms with Crippen molar-refractivity contribution in [1.29, 1.82) is 0 Å². The Morgan fingerprint density at radius 1 is 1.19 bits per heavy atom. The highest BCUT2D eigenvalue weighted by Crippen LogP contribution is 2.18. The molecule has 1 aromatic carbocycles. The van der Waals surface area contributed by atoms with Crippen LogP contribution in [0.4, 0.5) is 0 Å². The molecule has 2 heterocycles. The Labute approximate surface area is 203 Å². The van der Waals surface area contributed by atoms with Gasteiger partial charge in [-0.3, -0.25) is 0 Å². The summed E-state index contributed by atoms with van der Waals surface area (Å²) in [5, 5.41) is 3.34. The number of nitrogens with zero attached hydrogens (tertiary/aromatic N) is 3. The van der Waals surface area contributed by atoms with Crippen molar-refractivity contribution in [2.24, 2.45) is 10.9 Å². The van der Waals surface area contributed by atoms with E-state index in [0.717, 1.165) is 49.8 Å². The highest BCUT2D eigenvalue weighted by molar-refractivity contribution is 14.0. The molecular weight excluding hydrogens is 531 g/mol. The van der Waals surface area contributed by atoms with Crippen LogP contribution >= 0.6 is 24.0 Å². The zero-order valence-electron chi connectivity index (χ0n) is 18.5. The van der Waals surface area contributed by atoms with Crippen molar-refractivity contribution in [2.75, 3.05) is 59.7 Å². The maximum atomic E-state index is 12.9.